The van der Waals surface area contributed by atoms with Crippen molar-refractivity contribution in [2.45, 2.75) is 20.0 Å². The number of nitrogens with one attached hydrogen (secondary N) is 1. The van der Waals surface area contributed by atoms with Gasteiger partial charge in [-0.3, -0.25) is 0 Å². The smallest absolute Gasteiger partial charge is 0.192 e. The maximum atomic E-state index is 13.9. The Labute approximate surface area is 122 Å². The summed E-state index contributed by atoms with van der Waals surface area (Å²) in [6.07, 6.45) is -0.448. The molecule has 1 aromatic heterocycles. The Morgan fingerprint density at radius 3 is 2.81 bits per heavy atom. The van der Waals surface area contributed by atoms with Crippen LogP contribution in [0.15, 0.2) is 24.3 Å². The first-order chi connectivity index (χ1) is 10.2. The van der Waals surface area contributed by atoms with Gasteiger partial charge >= 0.3 is 0 Å². The molecule has 110 valence electrons. The second kappa shape index (κ2) is 5.55. The molecule has 1 aliphatic rings. The molecule has 2 heterocycles. The normalized spacial score (nSPS) is 16.6. The number of rotatable bonds is 3. The quantitative estimate of drug-likeness (QED) is 0.941. The molecule has 0 amide bonds. The lowest BCUT2D eigenvalue weighted by Gasteiger charge is -2.25. The van der Waals surface area contributed by atoms with Gasteiger partial charge in [0.2, 0.25) is 0 Å². The zero-order valence-electron chi connectivity index (χ0n) is 11.9. The summed E-state index contributed by atoms with van der Waals surface area (Å²) in [5.74, 6) is 1.52. The lowest BCUT2D eigenvalue weighted by atomic mass is 10.2. The summed E-state index contributed by atoms with van der Waals surface area (Å²) in [6, 6.07) is 7.41. The third-order valence-corrected chi connectivity index (χ3v) is 3.17. The number of halogens is 1. The van der Waals surface area contributed by atoms with Crippen molar-refractivity contribution in [1.82, 2.24) is 9.97 Å². The van der Waals surface area contributed by atoms with E-state index in [1.165, 1.54) is 0 Å². The summed E-state index contributed by atoms with van der Waals surface area (Å²) >= 11 is 0. The molecule has 0 bridgehead atoms. The number of nitrogens with zero attached hydrogens (tertiary/aromatic N) is 2. The first-order valence-electron chi connectivity index (χ1n) is 6.85. The number of benzene rings is 1. The highest BCUT2D eigenvalue weighted by Crippen LogP contribution is 2.35. The Morgan fingerprint density at radius 2 is 2.05 bits per heavy atom. The number of hydrogen-bond donors (Lipinski definition) is 1. The number of fused-ring (bicyclic) bond motifs is 1. The summed E-state index contributed by atoms with van der Waals surface area (Å²) in [4.78, 5) is 8.40. The minimum atomic E-state index is -0.448. The van der Waals surface area contributed by atoms with E-state index in [1.807, 2.05) is 31.2 Å². The molecule has 1 aromatic carbocycles. The average molecular weight is 289 g/mol. The van der Waals surface area contributed by atoms with Gasteiger partial charge in [-0.05, 0) is 26.0 Å². The maximum absolute atomic E-state index is 13.9. The molecule has 0 spiro atoms. The summed E-state index contributed by atoms with van der Waals surface area (Å²) < 4.78 is 25.4. The largest absolute Gasteiger partial charge is 0.485 e. The Hall–Kier alpha value is -2.37. The van der Waals surface area contributed by atoms with Crippen molar-refractivity contribution in [3.8, 4) is 11.5 Å². The molecule has 1 unspecified atom stereocenters. The van der Waals surface area contributed by atoms with Gasteiger partial charge in [-0.1, -0.05) is 12.1 Å². The fourth-order valence-corrected chi connectivity index (χ4v) is 2.16. The predicted octanol–water partition coefficient (Wildman–Crippen LogP) is 2.87. The fraction of sp³-hybridized carbons (Fsp3) is 0.333. The van der Waals surface area contributed by atoms with Gasteiger partial charge in [-0.2, -0.15) is 0 Å². The first-order valence-corrected chi connectivity index (χ1v) is 6.85. The Bertz CT molecular complexity index is 663. The monoisotopic (exact) mass is 289 g/mol. The van der Waals surface area contributed by atoms with Crippen LogP contribution in [0, 0.1) is 12.7 Å². The van der Waals surface area contributed by atoms with Crippen molar-refractivity contribution < 1.29 is 13.9 Å². The lowest BCUT2D eigenvalue weighted by Crippen LogP contribution is -2.24. The Morgan fingerprint density at radius 1 is 1.29 bits per heavy atom. The minimum absolute atomic E-state index is 0.197. The second-order valence-electron chi connectivity index (χ2n) is 4.72. The van der Waals surface area contributed by atoms with Crippen molar-refractivity contribution in [1.29, 1.82) is 0 Å². The molecule has 0 saturated heterocycles. The molecule has 1 N–H and O–H groups in total. The van der Waals surface area contributed by atoms with Crippen LogP contribution in [-0.4, -0.2) is 23.1 Å². The van der Waals surface area contributed by atoms with Crippen LogP contribution < -0.4 is 14.8 Å². The van der Waals surface area contributed by atoms with Crippen LogP contribution in [0.4, 0.5) is 10.2 Å². The van der Waals surface area contributed by atoms with Crippen molar-refractivity contribution in [3.05, 3.63) is 41.6 Å². The average Bonchev–Trinajstić information content (AvgIpc) is 2.51. The van der Waals surface area contributed by atoms with Gasteiger partial charge < -0.3 is 14.8 Å². The molecule has 2 aromatic rings. The standard InChI is InChI=1S/C15H16FN3O2/c1-3-17-15-13(16)9(2)18-14(19-15)12-8-20-10-6-4-5-7-11(10)21-12/h4-7,12H,3,8H2,1-2H3,(H,17,18,19). The van der Waals surface area contributed by atoms with Crippen molar-refractivity contribution in [2.75, 3.05) is 18.5 Å². The van der Waals surface area contributed by atoms with Crippen LogP contribution in [0.1, 0.15) is 24.5 Å². The molecule has 6 heteroatoms. The Balaban J connectivity index is 1.91. The first kappa shape index (κ1) is 13.6. The second-order valence-corrected chi connectivity index (χ2v) is 4.72. The summed E-state index contributed by atoms with van der Waals surface area (Å²) in [5.41, 5.74) is 0.290. The topological polar surface area (TPSA) is 56.3 Å². The van der Waals surface area contributed by atoms with E-state index in [1.54, 1.807) is 6.92 Å². The predicted molar refractivity (Wildman–Crippen MR) is 76.2 cm³/mol. The number of ether oxygens (including phenoxy) is 2. The van der Waals surface area contributed by atoms with Gasteiger partial charge in [0.05, 0.1) is 5.69 Å². The number of aromatic nitrogens is 2. The molecule has 1 atom stereocenters. The van der Waals surface area contributed by atoms with E-state index in [9.17, 15) is 4.39 Å². The SMILES string of the molecule is CCNc1nc(C2COc3ccccc3O2)nc(C)c1F. The van der Waals surface area contributed by atoms with E-state index < -0.39 is 11.9 Å². The lowest BCUT2D eigenvalue weighted by molar-refractivity contribution is 0.0849. The molecule has 3 rings (SSSR count). The third kappa shape index (κ3) is 2.61. The van der Waals surface area contributed by atoms with E-state index in [0.717, 1.165) is 0 Å². The van der Waals surface area contributed by atoms with Crippen LogP contribution in [0.3, 0.4) is 0 Å². The van der Waals surface area contributed by atoms with Gasteiger partial charge in [-0.15, -0.1) is 0 Å². The number of anilines is 1. The summed E-state index contributed by atoms with van der Waals surface area (Å²) in [6.45, 7) is 4.37. The van der Waals surface area contributed by atoms with Crippen LogP contribution in [-0.2, 0) is 0 Å². The fourth-order valence-electron chi connectivity index (χ4n) is 2.16. The third-order valence-electron chi connectivity index (χ3n) is 3.17. The van der Waals surface area contributed by atoms with Crippen molar-refractivity contribution in [2.24, 2.45) is 0 Å². The highest BCUT2D eigenvalue weighted by Gasteiger charge is 2.26. The van der Waals surface area contributed by atoms with Crippen LogP contribution in [0.25, 0.3) is 0 Å². The minimum Gasteiger partial charge on any atom is -0.485 e. The van der Waals surface area contributed by atoms with E-state index >= 15 is 0 Å². The van der Waals surface area contributed by atoms with Gasteiger partial charge in [-0.25, -0.2) is 14.4 Å². The van der Waals surface area contributed by atoms with Crippen LogP contribution >= 0.6 is 0 Å². The number of hydrogen-bond acceptors (Lipinski definition) is 5. The molecule has 0 saturated carbocycles. The zero-order valence-corrected chi connectivity index (χ0v) is 11.9. The maximum Gasteiger partial charge on any atom is 0.192 e. The molecular formula is C15H16FN3O2. The van der Waals surface area contributed by atoms with Crippen molar-refractivity contribution >= 4 is 5.82 Å². The molecule has 0 fully saturated rings. The zero-order chi connectivity index (χ0) is 14.8. The molecule has 0 radical (unpaired) electrons. The van der Waals surface area contributed by atoms with E-state index in [4.69, 9.17) is 9.47 Å². The van der Waals surface area contributed by atoms with E-state index in [-0.39, 0.29) is 5.82 Å². The van der Waals surface area contributed by atoms with E-state index in [2.05, 4.69) is 15.3 Å². The van der Waals surface area contributed by atoms with Gasteiger partial charge in [0.1, 0.15) is 6.61 Å². The highest BCUT2D eigenvalue weighted by atomic mass is 19.1. The van der Waals surface area contributed by atoms with Crippen molar-refractivity contribution in [3.63, 3.8) is 0 Å². The van der Waals surface area contributed by atoms with Gasteiger partial charge in [0, 0.05) is 6.54 Å². The molecular weight excluding hydrogens is 273 g/mol. The molecule has 21 heavy (non-hydrogen) atoms. The van der Waals surface area contributed by atoms with E-state index in [0.29, 0.717) is 36.2 Å². The summed E-state index contributed by atoms with van der Waals surface area (Å²) in [7, 11) is 0. The van der Waals surface area contributed by atoms with Gasteiger partial charge in [0.25, 0.3) is 0 Å². The molecule has 5 nitrogen and oxygen atoms in total. The molecule has 1 aliphatic heterocycles. The molecule has 0 aliphatic carbocycles. The highest BCUT2D eigenvalue weighted by molar-refractivity contribution is 5.42. The summed E-state index contributed by atoms with van der Waals surface area (Å²) in [5, 5.41) is 2.89. The number of aryl methyl sites for hydroxylation is 1. The van der Waals surface area contributed by atoms with Crippen LogP contribution in [0.2, 0.25) is 0 Å². The Kier molecular flexibility index (Phi) is 3.60. The van der Waals surface area contributed by atoms with Crippen LogP contribution in [0.5, 0.6) is 11.5 Å². The number of para-hydroxylation sites is 2. The van der Waals surface area contributed by atoms with Gasteiger partial charge in [0.15, 0.2) is 35.1 Å².